The lowest BCUT2D eigenvalue weighted by Gasteiger charge is -2.22. The lowest BCUT2D eigenvalue weighted by Crippen LogP contribution is -2.35. The Kier molecular flexibility index (Phi) is 6.82. The highest BCUT2D eigenvalue weighted by molar-refractivity contribution is 5.76. The molecule has 3 rings (SSSR count). The molecule has 0 aromatic heterocycles. The van der Waals surface area contributed by atoms with Crippen molar-refractivity contribution in [3.8, 4) is 5.75 Å². The van der Waals surface area contributed by atoms with Gasteiger partial charge in [0.05, 0.1) is 7.11 Å². The zero-order chi connectivity index (χ0) is 19.1. The topological polar surface area (TPSA) is 32.8 Å². The van der Waals surface area contributed by atoms with Crippen LogP contribution in [0.15, 0.2) is 48.5 Å². The number of benzene rings is 2. The van der Waals surface area contributed by atoms with Crippen molar-refractivity contribution in [2.75, 3.05) is 33.3 Å². The van der Waals surface area contributed by atoms with E-state index in [-0.39, 0.29) is 11.7 Å². The Morgan fingerprint density at radius 2 is 1.81 bits per heavy atom. The first-order chi connectivity index (χ1) is 13.2. The molecule has 1 aliphatic heterocycles. The van der Waals surface area contributed by atoms with Gasteiger partial charge in [-0.3, -0.25) is 9.69 Å². The van der Waals surface area contributed by atoms with E-state index in [1.165, 1.54) is 11.6 Å². The molecule has 0 N–H and O–H groups in total. The Balaban J connectivity index is 1.48. The van der Waals surface area contributed by atoms with Crippen LogP contribution >= 0.6 is 0 Å². The predicted octanol–water partition coefficient (Wildman–Crippen LogP) is 3.50. The molecule has 2 aromatic carbocycles. The Bertz CT molecular complexity index is 748. The van der Waals surface area contributed by atoms with Gasteiger partial charge in [-0.1, -0.05) is 30.3 Å². The number of aryl methyl sites for hydroxylation is 1. The number of carbonyl (C=O) groups is 1. The maximum absolute atomic E-state index is 13.7. The van der Waals surface area contributed by atoms with Gasteiger partial charge in [0.2, 0.25) is 5.91 Å². The Morgan fingerprint density at radius 3 is 2.56 bits per heavy atom. The number of hydrogen-bond donors (Lipinski definition) is 0. The molecule has 1 saturated heterocycles. The van der Waals surface area contributed by atoms with Gasteiger partial charge in [-0.2, -0.15) is 0 Å². The van der Waals surface area contributed by atoms with Crippen molar-refractivity contribution in [1.29, 1.82) is 0 Å². The van der Waals surface area contributed by atoms with E-state index in [0.717, 1.165) is 44.9 Å². The van der Waals surface area contributed by atoms with Crippen molar-refractivity contribution in [1.82, 2.24) is 9.80 Å². The van der Waals surface area contributed by atoms with Crippen molar-refractivity contribution < 1.29 is 13.9 Å². The van der Waals surface area contributed by atoms with Gasteiger partial charge >= 0.3 is 0 Å². The molecule has 0 saturated carbocycles. The molecule has 1 fully saturated rings. The molecule has 0 unspecified atom stereocenters. The van der Waals surface area contributed by atoms with Crippen molar-refractivity contribution in [3.63, 3.8) is 0 Å². The van der Waals surface area contributed by atoms with Gasteiger partial charge in [-0.05, 0) is 42.2 Å². The predicted molar refractivity (Wildman–Crippen MR) is 104 cm³/mol. The molecule has 1 amide bonds. The minimum atomic E-state index is -0.230. The zero-order valence-corrected chi connectivity index (χ0v) is 15.9. The molecule has 1 heterocycles. The monoisotopic (exact) mass is 370 g/mol. The molecule has 2 aromatic rings. The SMILES string of the molecule is COc1ccc(CN2CCCN(C(=O)CCc3ccccc3F)CC2)cc1. The van der Waals surface area contributed by atoms with Crippen LogP contribution in [0.25, 0.3) is 0 Å². The van der Waals surface area contributed by atoms with Crippen LogP contribution in [0.4, 0.5) is 4.39 Å². The van der Waals surface area contributed by atoms with Crippen LogP contribution in [0.1, 0.15) is 24.0 Å². The van der Waals surface area contributed by atoms with Gasteiger partial charge < -0.3 is 9.64 Å². The number of nitrogens with zero attached hydrogens (tertiary/aromatic N) is 2. The third-order valence-electron chi connectivity index (χ3n) is 5.07. The van der Waals surface area contributed by atoms with Crippen LogP contribution in [-0.4, -0.2) is 49.0 Å². The number of hydrogen-bond acceptors (Lipinski definition) is 3. The van der Waals surface area contributed by atoms with E-state index >= 15 is 0 Å². The highest BCUT2D eigenvalue weighted by Gasteiger charge is 2.19. The van der Waals surface area contributed by atoms with Crippen LogP contribution < -0.4 is 4.74 Å². The summed E-state index contributed by atoms with van der Waals surface area (Å²) in [6.07, 6.45) is 1.78. The largest absolute Gasteiger partial charge is 0.497 e. The van der Waals surface area contributed by atoms with E-state index in [0.29, 0.717) is 18.4 Å². The average molecular weight is 370 g/mol. The highest BCUT2D eigenvalue weighted by atomic mass is 19.1. The van der Waals surface area contributed by atoms with Crippen LogP contribution in [0.3, 0.4) is 0 Å². The smallest absolute Gasteiger partial charge is 0.222 e. The van der Waals surface area contributed by atoms with Gasteiger partial charge in [0.15, 0.2) is 0 Å². The van der Waals surface area contributed by atoms with E-state index in [4.69, 9.17) is 4.74 Å². The summed E-state index contributed by atoms with van der Waals surface area (Å²) in [7, 11) is 1.67. The van der Waals surface area contributed by atoms with Crippen molar-refractivity contribution in [3.05, 3.63) is 65.5 Å². The molecule has 1 aliphatic rings. The molecule has 144 valence electrons. The van der Waals surface area contributed by atoms with Gasteiger partial charge in [0.25, 0.3) is 0 Å². The van der Waals surface area contributed by atoms with Crippen LogP contribution in [-0.2, 0) is 17.8 Å². The Labute approximate surface area is 160 Å². The molecular formula is C22H27FN2O2. The second-order valence-corrected chi connectivity index (χ2v) is 6.95. The molecule has 0 aliphatic carbocycles. The van der Waals surface area contributed by atoms with E-state index in [1.54, 1.807) is 19.2 Å². The number of halogens is 1. The lowest BCUT2D eigenvalue weighted by molar-refractivity contribution is -0.131. The molecule has 4 nitrogen and oxygen atoms in total. The molecule has 27 heavy (non-hydrogen) atoms. The molecule has 0 radical (unpaired) electrons. The molecule has 0 bridgehead atoms. The number of carbonyl (C=O) groups excluding carboxylic acids is 1. The van der Waals surface area contributed by atoms with E-state index in [9.17, 15) is 9.18 Å². The summed E-state index contributed by atoms with van der Waals surface area (Å²) in [5, 5.41) is 0. The normalized spacial score (nSPS) is 15.4. The summed E-state index contributed by atoms with van der Waals surface area (Å²) in [5.74, 6) is 0.748. The van der Waals surface area contributed by atoms with Crippen LogP contribution in [0, 0.1) is 5.82 Å². The minimum Gasteiger partial charge on any atom is -0.497 e. The molecule has 0 atom stereocenters. The van der Waals surface area contributed by atoms with Crippen molar-refractivity contribution in [2.24, 2.45) is 0 Å². The van der Waals surface area contributed by atoms with E-state index in [1.807, 2.05) is 23.1 Å². The highest BCUT2D eigenvalue weighted by Crippen LogP contribution is 2.15. The fourth-order valence-corrected chi connectivity index (χ4v) is 3.47. The average Bonchev–Trinajstić information content (AvgIpc) is 2.93. The van der Waals surface area contributed by atoms with Gasteiger partial charge in [0, 0.05) is 39.1 Å². The van der Waals surface area contributed by atoms with Crippen molar-refractivity contribution in [2.45, 2.75) is 25.8 Å². The first-order valence-electron chi connectivity index (χ1n) is 9.52. The molecular weight excluding hydrogens is 343 g/mol. The molecule has 5 heteroatoms. The maximum atomic E-state index is 13.7. The summed E-state index contributed by atoms with van der Waals surface area (Å²) in [5.41, 5.74) is 1.86. The summed E-state index contributed by atoms with van der Waals surface area (Å²) in [6, 6.07) is 14.8. The van der Waals surface area contributed by atoms with E-state index in [2.05, 4.69) is 17.0 Å². The quantitative estimate of drug-likeness (QED) is 0.780. The second-order valence-electron chi connectivity index (χ2n) is 6.95. The number of amides is 1. The van der Waals surface area contributed by atoms with Crippen molar-refractivity contribution >= 4 is 5.91 Å². The third-order valence-corrected chi connectivity index (χ3v) is 5.07. The number of methoxy groups -OCH3 is 1. The van der Waals surface area contributed by atoms with Crippen LogP contribution in [0.2, 0.25) is 0 Å². The number of rotatable bonds is 6. The summed E-state index contributed by atoms with van der Waals surface area (Å²) >= 11 is 0. The maximum Gasteiger partial charge on any atom is 0.222 e. The first-order valence-corrected chi connectivity index (χ1v) is 9.52. The number of ether oxygens (including phenoxy) is 1. The summed E-state index contributed by atoms with van der Waals surface area (Å²) < 4.78 is 18.9. The van der Waals surface area contributed by atoms with Gasteiger partial charge in [-0.25, -0.2) is 4.39 Å². The summed E-state index contributed by atoms with van der Waals surface area (Å²) in [6.45, 7) is 4.21. The summed E-state index contributed by atoms with van der Waals surface area (Å²) in [4.78, 5) is 16.8. The Morgan fingerprint density at radius 1 is 1.04 bits per heavy atom. The zero-order valence-electron chi connectivity index (χ0n) is 15.9. The van der Waals surface area contributed by atoms with Crippen LogP contribution in [0.5, 0.6) is 5.75 Å². The minimum absolute atomic E-state index is 0.115. The fourth-order valence-electron chi connectivity index (χ4n) is 3.47. The second kappa shape index (κ2) is 9.51. The Hall–Kier alpha value is -2.40. The van der Waals surface area contributed by atoms with Gasteiger partial charge in [0.1, 0.15) is 11.6 Å². The van der Waals surface area contributed by atoms with E-state index < -0.39 is 0 Å². The molecule has 0 spiro atoms. The van der Waals surface area contributed by atoms with Gasteiger partial charge in [-0.15, -0.1) is 0 Å². The lowest BCUT2D eigenvalue weighted by atomic mass is 10.1. The first kappa shape index (κ1) is 19.4. The standard InChI is InChI=1S/C22H27FN2O2/c1-27-20-10-7-18(8-11-20)17-24-13-4-14-25(16-15-24)22(26)12-9-19-5-2-3-6-21(19)23/h2-3,5-8,10-11H,4,9,12-17H2,1H3. The fraction of sp³-hybridized carbons (Fsp3) is 0.409. The third kappa shape index (κ3) is 5.54.